The molecule has 1 N–H and O–H groups in total. The van der Waals surface area contributed by atoms with E-state index in [9.17, 15) is 8.42 Å². The highest BCUT2D eigenvalue weighted by Gasteiger charge is 2.30. The van der Waals surface area contributed by atoms with E-state index < -0.39 is 10.2 Å². The number of nitrogens with zero attached hydrogens (tertiary/aromatic N) is 2. The summed E-state index contributed by atoms with van der Waals surface area (Å²) < 4.78 is 27.0. The van der Waals surface area contributed by atoms with E-state index in [1.807, 2.05) is 0 Å². The summed E-state index contributed by atoms with van der Waals surface area (Å²) in [6, 6.07) is 0. The maximum absolute atomic E-state index is 12.1. The molecular weight excluding hydrogens is 250 g/mol. The maximum Gasteiger partial charge on any atom is 0.282 e. The highest BCUT2D eigenvalue weighted by atomic mass is 32.2. The van der Waals surface area contributed by atoms with Gasteiger partial charge in [0.15, 0.2) is 0 Å². The second-order valence-corrected chi connectivity index (χ2v) is 6.65. The van der Waals surface area contributed by atoms with Crippen LogP contribution in [0.15, 0.2) is 0 Å². The van der Waals surface area contributed by atoms with Gasteiger partial charge in [-0.05, 0) is 31.8 Å². The summed E-state index contributed by atoms with van der Waals surface area (Å²) >= 11 is 0. The van der Waals surface area contributed by atoms with Crippen LogP contribution in [0.25, 0.3) is 0 Å². The van der Waals surface area contributed by atoms with Crippen molar-refractivity contribution >= 4 is 10.2 Å². The van der Waals surface area contributed by atoms with E-state index in [2.05, 4.69) is 18.2 Å². The van der Waals surface area contributed by atoms with Gasteiger partial charge in [0.05, 0.1) is 6.54 Å². The minimum Gasteiger partial charge on any atom is -0.317 e. The average molecular weight is 273 g/mol. The van der Waals surface area contributed by atoms with Crippen molar-refractivity contribution in [1.29, 1.82) is 0 Å². The molecule has 18 heavy (non-hydrogen) atoms. The maximum atomic E-state index is 12.1. The minimum absolute atomic E-state index is 0.125. The highest BCUT2D eigenvalue weighted by molar-refractivity contribution is 7.86. The summed E-state index contributed by atoms with van der Waals surface area (Å²) in [6.07, 6.45) is 6.98. The molecule has 5 nitrogen and oxygen atoms in total. The van der Waals surface area contributed by atoms with Gasteiger partial charge in [0.2, 0.25) is 0 Å². The molecule has 0 aromatic heterocycles. The third-order valence-corrected chi connectivity index (χ3v) is 5.23. The first-order chi connectivity index (χ1) is 8.52. The molecule has 0 aromatic carbocycles. The Labute approximate surface area is 111 Å². The summed E-state index contributed by atoms with van der Waals surface area (Å²) in [6.45, 7) is 5.32. The Balaban J connectivity index is 2.49. The molecule has 1 saturated heterocycles. The largest absolute Gasteiger partial charge is 0.317 e. The van der Waals surface area contributed by atoms with E-state index in [0.29, 0.717) is 19.0 Å². The Hall–Kier alpha value is -0.610. The SMILES string of the molecule is C#CCN(C)S(=O)(=O)N1CCC(CNCC)CC1. The fourth-order valence-corrected chi connectivity index (χ4v) is 3.40. The number of terminal acetylenes is 1. The van der Waals surface area contributed by atoms with Crippen molar-refractivity contribution in [3.05, 3.63) is 0 Å². The molecule has 0 spiro atoms. The van der Waals surface area contributed by atoms with Crippen molar-refractivity contribution in [2.24, 2.45) is 5.92 Å². The standard InChI is InChI=1S/C12H23N3O2S/c1-4-8-14(3)18(16,17)15-9-6-12(7-10-15)11-13-5-2/h1,12-13H,5-11H2,2-3H3. The van der Waals surface area contributed by atoms with Crippen LogP contribution in [-0.4, -0.2) is 56.8 Å². The molecule has 1 rings (SSSR count). The fraction of sp³-hybridized carbons (Fsp3) is 0.833. The zero-order valence-electron chi connectivity index (χ0n) is 11.2. The third-order valence-electron chi connectivity index (χ3n) is 3.29. The van der Waals surface area contributed by atoms with E-state index in [1.54, 1.807) is 0 Å². The Kier molecular flexibility index (Phi) is 6.09. The Morgan fingerprint density at radius 3 is 2.56 bits per heavy atom. The summed E-state index contributed by atoms with van der Waals surface area (Å²) in [5.74, 6) is 2.94. The molecule has 6 heteroatoms. The summed E-state index contributed by atoms with van der Waals surface area (Å²) in [5.41, 5.74) is 0. The lowest BCUT2D eigenvalue weighted by Crippen LogP contribution is -2.46. The first kappa shape index (κ1) is 15.4. The van der Waals surface area contributed by atoms with E-state index in [1.165, 1.54) is 15.7 Å². The first-order valence-electron chi connectivity index (χ1n) is 6.38. The van der Waals surface area contributed by atoms with Crippen LogP contribution < -0.4 is 5.32 Å². The van der Waals surface area contributed by atoms with Gasteiger partial charge in [-0.3, -0.25) is 0 Å². The van der Waals surface area contributed by atoms with Crippen LogP contribution in [0, 0.1) is 18.3 Å². The van der Waals surface area contributed by atoms with Gasteiger partial charge in [-0.1, -0.05) is 12.8 Å². The molecule has 1 aliphatic heterocycles. The Bertz CT molecular complexity index is 381. The first-order valence-corrected chi connectivity index (χ1v) is 7.77. The molecule has 0 radical (unpaired) electrons. The van der Waals surface area contributed by atoms with Gasteiger partial charge in [0.25, 0.3) is 10.2 Å². The van der Waals surface area contributed by atoms with Crippen molar-refractivity contribution in [1.82, 2.24) is 13.9 Å². The topological polar surface area (TPSA) is 52.7 Å². The van der Waals surface area contributed by atoms with E-state index in [4.69, 9.17) is 6.42 Å². The Morgan fingerprint density at radius 2 is 2.06 bits per heavy atom. The molecule has 104 valence electrons. The number of nitrogens with one attached hydrogen (secondary N) is 1. The van der Waals surface area contributed by atoms with Crippen molar-refractivity contribution < 1.29 is 8.42 Å². The lowest BCUT2D eigenvalue weighted by atomic mass is 9.98. The average Bonchev–Trinajstić information content (AvgIpc) is 2.37. The molecule has 1 heterocycles. The quantitative estimate of drug-likeness (QED) is 0.699. The lowest BCUT2D eigenvalue weighted by Gasteiger charge is -2.33. The number of hydrogen-bond donors (Lipinski definition) is 1. The molecule has 1 aliphatic rings. The minimum atomic E-state index is -3.36. The summed E-state index contributed by atoms with van der Waals surface area (Å²) in [5, 5.41) is 3.31. The zero-order valence-corrected chi connectivity index (χ0v) is 12.0. The molecule has 0 bridgehead atoms. The second kappa shape index (κ2) is 7.10. The molecule has 0 atom stereocenters. The van der Waals surface area contributed by atoms with Crippen molar-refractivity contribution in [3.63, 3.8) is 0 Å². The Morgan fingerprint density at radius 1 is 1.44 bits per heavy atom. The zero-order chi connectivity index (χ0) is 13.6. The summed E-state index contributed by atoms with van der Waals surface area (Å²) in [7, 11) is -1.84. The van der Waals surface area contributed by atoms with E-state index >= 15 is 0 Å². The van der Waals surface area contributed by atoms with Crippen LogP contribution in [0.5, 0.6) is 0 Å². The van der Waals surface area contributed by atoms with Crippen LogP contribution in [0.2, 0.25) is 0 Å². The van der Waals surface area contributed by atoms with Crippen LogP contribution in [0.1, 0.15) is 19.8 Å². The molecule has 0 unspecified atom stereocenters. The normalized spacial score (nSPS) is 19.0. The molecule has 0 aliphatic carbocycles. The molecular formula is C12H23N3O2S. The molecule has 0 aromatic rings. The molecule has 1 fully saturated rings. The monoisotopic (exact) mass is 273 g/mol. The van der Waals surface area contributed by atoms with Crippen LogP contribution >= 0.6 is 0 Å². The molecule has 0 amide bonds. The van der Waals surface area contributed by atoms with Crippen molar-refractivity contribution in [2.75, 3.05) is 39.8 Å². The van der Waals surface area contributed by atoms with Gasteiger partial charge in [0, 0.05) is 20.1 Å². The smallest absolute Gasteiger partial charge is 0.282 e. The highest BCUT2D eigenvalue weighted by Crippen LogP contribution is 2.20. The van der Waals surface area contributed by atoms with Gasteiger partial charge in [0.1, 0.15) is 0 Å². The van der Waals surface area contributed by atoms with Gasteiger partial charge in [-0.25, -0.2) is 0 Å². The summed E-state index contributed by atoms with van der Waals surface area (Å²) in [4.78, 5) is 0. The van der Waals surface area contributed by atoms with E-state index in [-0.39, 0.29) is 6.54 Å². The predicted octanol–water partition coefficient (Wildman–Crippen LogP) is 0.118. The van der Waals surface area contributed by atoms with E-state index in [0.717, 1.165) is 25.9 Å². The molecule has 0 saturated carbocycles. The van der Waals surface area contributed by atoms with Crippen LogP contribution in [-0.2, 0) is 10.2 Å². The fourth-order valence-electron chi connectivity index (χ4n) is 2.10. The van der Waals surface area contributed by atoms with Gasteiger partial charge < -0.3 is 5.32 Å². The number of hydrogen-bond acceptors (Lipinski definition) is 3. The number of piperidine rings is 1. The number of rotatable bonds is 6. The van der Waals surface area contributed by atoms with Gasteiger partial charge >= 0.3 is 0 Å². The van der Waals surface area contributed by atoms with Crippen LogP contribution in [0.4, 0.5) is 0 Å². The van der Waals surface area contributed by atoms with Gasteiger partial charge in [-0.15, -0.1) is 6.42 Å². The van der Waals surface area contributed by atoms with Gasteiger partial charge in [-0.2, -0.15) is 17.0 Å². The third kappa shape index (κ3) is 3.95. The van der Waals surface area contributed by atoms with Crippen molar-refractivity contribution in [2.45, 2.75) is 19.8 Å². The van der Waals surface area contributed by atoms with Crippen molar-refractivity contribution in [3.8, 4) is 12.3 Å². The lowest BCUT2D eigenvalue weighted by molar-refractivity contribution is 0.257. The second-order valence-electron chi connectivity index (χ2n) is 4.62. The van der Waals surface area contributed by atoms with Crippen LogP contribution in [0.3, 0.4) is 0 Å². The predicted molar refractivity (Wildman–Crippen MR) is 73.2 cm³/mol.